The second-order valence-corrected chi connectivity index (χ2v) is 4.41. The molecule has 86 valence electrons. The van der Waals surface area contributed by atoms with Crippen molar-refractivity contribution >= 4 is 21.6 Å². The van der Waals surface area contributed by atoms with Gasteiger partial charge < -0.3 is 14.7 Å². The van der Waals surface area contributed by atoms with Gasteiger partial charge in [0.2, 0.25) is 0 Å². The van der Waals surface area contributed by atoms with Crippen molar-refractivity contribution in [2.45, 2.75) is 12.5 Å². The molecule has 0 amide bonds. The lowest BCUT2D eigenvalue weighted by Gasteiger charge is -2.07. The number of benzene rings is 1. The van der Waals surface area contributed by atoms with E-state index in [1.54, 1.807) is 7.11 Å². The van der Waals surface area contributed by atoms with Gasteiger partial charge >= 0.3 is 0 Å². The number of nitrogens with zero attached hydrogens (tertiary/aromatic N) is 1. The molecule has 1 aromatic rings. The van der Waals surface area contributed by atoms with Crippen LogP contribution in [-0.2, 0) is 4.84 Å². The highest BCUT2D eigenvalue weighted by molar-refractivity contribution is 9.10. The minimum Gasteiger partial charge on any atom is -0.496 e. The fourth-order valence-electron chi connectivity index (χ4n) is 1.59. The maximum atomic E-state index is 8.97. The van der Waals surface area contributed by atoms with Gasteiger partial charge in [0.15, 0.2) is 6.10 Å². The Bertz CT molecular complexity index is 420. The van der Waals surface area contributed by atoms with Crippen LogP contribution in [0.4, 0.5) is 0 Å². The first-order valence-electron chi connectivity index (χ1n) is 4.92. The summed E-state index contributed by atoms with van der Waals surface area (Å²) in [6, 6.07) is 5.71. The Hall–Kier alpha value is -1.07. The molecule has 5 heteroatoms. The number of halogens is 1. The zero-order valence-electron chi connectivity index (χ0n) is 8.81. The van der Waals surface area contributed by atoms with Crippen LogP contribution in [0.3, 0.4) is 0 Å². The van der Waals surface area contributed by atoms with E-state index >= 15 is 0 Å². The fraction of sp³-hybridized carbons (Fsp3) is 0.364. The SMILES string of the molecule is COc1ccc(Br)cc1C1=NOC(CO)C1. The quantitative estimate of drug-likeness (QED) is 0.924. The van der Waals surface area contributed by atoms with E-state index in [1.165, 1.54) is 0 Å². The van der Waals surface area contributed by atoms with Crippen LogP contribution in [0.25, 0.3) is 0 Å². The molecule has 1 unspecified atom stereocenters. The Morgan fingerprint density at radius 3 is 3.06 bits per heavy atom. The van der Waals surface area contributed by atoms with Crippen molar-refractivity contribution in [3.05, 3.63) is 28.2 Å². The van der Waals surface area contributed by atoms with Gasteiger partial charge in [-0.3, -0.25) is 0 Å². The van der Waals surface area contributed by atoms with E-state index in [1.807, 2.05) is 18.2 Å². The molecule has 1 heterocycles. The Labute approximate surface area is 102 Å². The topological polar surface area (TPSA) is 51.0 Å². The standard InChI is InChI=1S/C11H12BrNO3/c1-15-11-3-2-7(12)4-9(11)10-5-8(6-14)16-13-10/h2-4,8,14H,5-6H2,1H3. The van der Waals surface area contributed by atoms with Crippen LogP contribution in [-0.4, -0.2) is 30.6 Å². The molecule has 0 saturated heterocycles. The molecule has 1 aliphatic rings. The van der Waals surface area contributed by atoms with Crippen molar-refractivity contribution in [1.82, 2.24) is 0 Å². The Balaban J connectivity index is 2.30. The molecule has 4 nitrogen and oxygen atoms in total. The maximum absolute atomic E-state index is 8.97. The van der Waals surface area contributed by atoms with Crippen LogP contribution in [0.1, 0.15) is 12.0 Å². The molecule has 0 bridgehead atoms. The second kappa shape index (κ2) is 4.84. The summed E-state index contributed by atoms with van der Waals surface area (Å²) >= 11 is 3.40. The van der Waals surface area contributed by atoms with Crippen LogP contribution in [0.5, 0.6) is 5.75 Å². The third-order valence-corrected chi connectivity index (χ3v) is 2.90. The molecule has 1 atom stereocenters. The average molecular weight is 286 g/mol. The predicted molar refractivity (Wildman–Crippen MR) is 63.8 cm³/mol. The van der Waals surface area contributed by atoms with Gasteiger partial charge in [0, 0.05) is 16.5 Å². The van der Waals surface area contributed by atoms with E-state index < -0.39 is 0 Å². The molecule has 0 aliphatic carbocycles. The zero-order chi connectivity index (χ0) is 11.5. The van der Waals surface area contributed by atoms with E-state index in [-0.39, 0.29) is 12.7 Å². The van der Waals surface area contributed by atoms with Gasteiger partial charge in [0.05, 0.1) is 19.4 Å². The number of methoxy groups -OCH3 is 1. The highest BCUT2D eigenvalue weighted by Gasteiger charge is 2.23. The van der Waals surface area contributed by atoms with Crippen molar-refractivity contribution in [3.8, 4) is 5.75 Å². The predicted octanol–water partition coefficient (Wildman–Crippen LogP) is 1.94. The third kappa shape index (κ3) is 2.20. The molecule has 1 aromatic carbocycles. The first kappa shape index (κ1) is 11.4. The highest BCUT2D eigenvalue weighted by Crippen LogP contribution is 2.27. The van der Waals surface area contributed by atoms with Crippen LogP contribution < -0.4 is 4.74 Å². The number of oxime groups is 1. The molecule has 1 aliphatic heterocycles. The van der Waals surface area contributed by atoms with E-state index in [0.29, 0.717) is 6.42 Å². The molecule has 0 aromatic heterocycles. The molecule has 1 N–H and O–H groups in total. The molecule has 0 fully saturated rings. The van der Waals surface area contributed by atoms with E-state index in [4.69, 9.17) is 14.7 Å². The van der Waals surface area contributed by atoms with Crippen molar-refractivity contribution in [2.75, 3.05) is 13.7 Å². The molecule has 0 saturated carbocycles. The monoisotopic (exact) mass is 285 g/mol. The van der Waals surface area contributed by atoms with Crippen LogP contribution in [0, 0.1) is 0 Å². The highest BCUT2D eigenvalue weighted by atomic mass is 79.9. The van der Waals surface area contributed by atoms with Crippen molar-refractivity contribution < 1.29 is 14.7 Å². The summed E-state index contributed by atoms with van der Waals surface area (Å²) in [5, 5.41) is 12.9. The van der Waals surface area contributed by atoms with Gasteiger partial charge in [-0.2, -0.15) is 0 Å². The third-order valence-electron chi connectivity index (χ3n) is 2.41. The number of hydrogen-bond donors (Lipinski definition) is 1. The lowest BCUT2D eigenvalue weighted by Crippen LogP contribution is -2.13. The normalized spacial score (nSPS) is 19.2. The number of aliphatic hydroxyl groups excluding tert-OH is 1. The Morgan fingerprint density at radius 1 is 1.62 bits per heavy atom. The van der Waals surface area contributed by atoms with Gasteiger partial charge in [-0.15, -0.1) is 0 Å². The van der Waals surface area contributed by atoms with E-state index in [9.17, 15) is 0 Å². The Kier molecular flexibility index (Phi) is 3.46. The van der Waals surface area contributed by atoms with Gasteiger partial charge in [-0.05, 0) is 18.2 Å². The summed E-state index contributed by atoms with van der Waals surface area (Å²) in [6.07, 6.45) is 0.363. The fourth-order valence-corrected chi connectivity index (χ4v) is 1.95. The molecular weight excluding hydrogens is 274 g/mol. The summed E-state index contributed by atoms with van der Waals surface area (Å²) in [6.45, 7) is -0.0245. The lowest BCUT2D eigenvalue weighted by molar-refractivity contribution is 0.0390. The van der Waals surface area contributed by atoms with Gasteiger partial charge in [-0.1, -0.05) is 21.1 Å². The number of hydrogen-bond acceptors (Lipinski definition) is 4. The number of rotatable bonds is 3. The number of aliphatic hydroxyl groups is 1. The molecule has 2 rings (SSSR count). The minimum absolute atomic E-state index is 0.0245. The first-order chi connectivity index (χ1) is 7.74. The summed E-state index contributed by atoms with van der Waals surface area (Å²) < 4.78 is 6.22. The zero-order valence-corrected chi connectivity index (χ0v) is 10.4. The van der Waals surface area contributed by atoms with Crippen molar-refractivity contribution in [2.24, 2.45) is 5.16 Å². The maximum Gasteiger partial charge on any atom is 0.156 e. The van der Waals surface area contributed by atoms with Crippen LogP contribution >= 0.6 is 15.9 Å². The van der Waals surface area contributed by atoms with Crippen molar-refractivity contribution in [3.63, 3.8) is 0 Å². The van der Waals surface area contributed by atoms with E-state index in [0.717, 1.165) is 21.5 Å². The van der Waals surface area contributed by atoms with Gasteiger partial charge in [-0.25, -0.2) is 0 Å². The summed E-state index contributed by atoms with van der Waals surface area (Å²) in [4.78, 5) is 5.08. The van der Waals surface area contributed by atoms with Gasteiger partial charge in [0.25, 0.3) is 0 Å². The Morgan fingerprint density at radius 2 is 2.44 bits per heavy atom. The van der Waals surface area contributed by atoms with Crippen molar-refractivity contribution in [1.29, 1.82) is 0 Å². The minimum atomic E-state index is -0.237. The molecular formula is C11H12BrNO3. The summed E-state index contributed by atoms with van der Waals surface area (Å²) in [5.41, 5.74) is 1.70. The smallest absolute Gasteiger partial charge is 0.156 e. The average Bonchev–Trinajstić information content (AvgIpc) is 2.77. The van der Waals surface area contributed by atoms with Crippen LogP contribution in [0.15, 0.2) is 27.8 Å². The molecule has 16 heavy (non-hydrogen) atoms. The van der Waals surface area contributed by atoms with Gasteiger partial charge in [0.1, 0.15) is 5.75 Å². The van der Waals surface area contributed by atoms with E-state index in [2.05, 4.69) is 21.1 Å². The molecule has 0 spiro atoms. The largest absolute Gasteiger partial charge is 0.496 e. The summed E-state index contributed by atoms with van der Waals surface area (Å²) in [7, 11) is 1.62. The first-order valence-corrected chi connectivity index (χ1v) is 5.71. The molecule has 0 radical (unpaired) electrons. The lowest BCUT2D eigenvalue weighted by atomic mass is 10.0. The number of ether oxygens (including phenoxy) is 1. The second-order valence-electron chi connectivity index (χ2n) is 3.50. The van der Waals surface area contributed by atoms with Crippen LogP contribution in [0.2, 0.25) is 0 Å². The summed E-state index contributed by atoms with van der Waals surface area (Å²) in [5.74, 6) is 0.754.